The van der Waals surface area contributed by atoms with Gasteiger partial charge in [-0.15, -0.1) is 6.42 Å². The molecule has 1 aromatic carbocycles. The molecule has 0 amide bonds. The smallest absolute Gasteiger partial charge is 0.339 e. The highest BCUT2D eigenvalue weighted by Crippen LogP contribution is 2.03. The Bertz CT molecular complexity index is 371. The Hall–Kier alpha value is -2.08. The van der Waals surface area contributed by atoms with Gasteiger partial charge in [-0.05, 0) is 12.1 Å². The lowest BCUT2D eigenvalue weighted by Gasteiger charge is -2.00. The van der Waals surface area contributed by atoms with Gasteiger partial charge in [-0.1, -0.05) is 18.1 Å². The minimum atomic E-state index is -0.486. The van der Waals surface area contributed by atoms with Crippen molar-refractivity contribution in [2.24, 2.45) is 0 Å². The first-order chi connectivity index (χ1) is 6.77. The van der Waals surface area contributed by atoms with Crippen LogP contribution in [0.2, 0.25) is 0 Å². The molecule has 0 bridgehead atoms. The first-order valence-electron chi connectivity index (χ1n) is 3.93. The lowest BCUT2D eigenvalue weighted by atomic mass is 10.1. The number of ether oxygens (including phenoxy) is 1. The second-order valence-electron chi connectivity index (χ2n) is 2.52. The van der Waals surface area contributed by atoms with Crippen LogP contribution in [0.15, 0.2) is 24.3 Å². The number of esters is 1. The predicted octanol–water partition coefficient (Wildman–Crippen LogP) is 1.29. The first-order valence-corrected chi connectivity index (χ1v) is 3.93. The van der Waals surface area contributed by atoms with Crippen LogP contribution in [0.4, 0.5) is 0 Å². The molecule has 0 N–H and O–H groups in total. The van der Waals surface area contributed by atoms with E-state index in [-0.39, 0.29) is 6.61 Å². The van der Waals surface area contributed by atoms with Gasteiger partial charge < -0.3 is 4.74 Å². The molecule has 14 heavy (non-hydrogen) atoms. The highest BCUT2D eigenvalue weighted by Gasteiger charge is 2.05. The van der Waals surface area contributed by atoms with E-state index in [1.807, 2.05) is 0 Å². The van der Waals surface area contributed by atoms with Crippen LogP contribution in [0.5, 0.6) is 0 Å². The quantitative estimate of drug-likeness (QED) is 0.408. The van der Waals surface area contributed by atoms with Crippen LogP contribution in [0.3, 0.4) is 0 Å². The van der Waals surface area contributed by atoms with Crippen molar-refractivity contribution in [3.05, 3.63) is 35.4 Å². The molecule has 70 valence electrons. The zero-order chi connectivity index (χ0) is 10.4. The van der Waals surface area contributed by atoms with Crippen LogP contribution in [0.1, 0.15) is 20.7 Å². The maximum absolute atomic E-state index is 11.2. The van der Waals surface area contributed by atoms with E-state index in [1.54, 1.807) is 12.1 Å². The van der Waals surface area contributed by atoms with E-state index in [2.05, 4.69) is 10.7 Å². The molecule has 3 heteroatoms. The number of aldehydes is 1. The number of benzene rings is 1. The van der Waals surface area contributed by atoms with Gasteiger partial charge in [0.15, 0.2) is 6.61 Å². The summed E-state index contributed by atoms with van der Waals surface area (Å²) in [5.41, 5.74) is 0.893. The van der Waals surface area contributed by atoms with E-state index in [0.29, 0.717) is 17.4 Å². The Morgan fingerprint density at radius 2 is 2.07 bits per heavy atom. The van der Waals surface area contributed by atoms with Gasteiger partial charge in [-0.3, -0.25) is 4.79 Å². The summed E-state index contributed by atoms with van der Waals surface area (Å²) >= 11 is 0. The predicted molar refractivity (Wildman–Crippen MR) is 50.9 cm³/mol. The summed E-state index contributed by atoms with van der Waals surface area (Å²) in [7, 11) is 0. The Morgan fingerprint density at radius 3 is 2.57 bits per heavy atom. The summed E-state index contributed by atoms with van der Waals surface area (Å²) in [5.74, 6) is 1.71. The largest absolute Gasteiger partial charge is 0.449 e. The van der Waals surface area contributed by atoms with E-state index >= 15 is 0 Å². The molecule has 0 atom stereocenters. The lowest BCUT2D eigenvalue weighted by Crippen LogP contribution is -2.05. The summed E-state index contributed by atoms with van der Waals surface area (Å²) < 4.78 is 4.69. The molecule has 0 fully saturated rings. The number of carbonyl (C=O) groups is 2. The Morgan fingerprint density at radius 1 is 1.43 bits per heavy atom. The number of carbonyl (C=O) groups excluding carboxylic acids is 2. The third-order valence-electron chi connectivity index (χ3n) is 1.57. The molecule has 3 nitrogen and oxygen atoms in total. The van der Waals surface area contributed by atoms with Crippen molar-refractivity contribution in [1.29, 1.82) is 0 Å². The standard InChI is InChI=1S/C11H8O3/c1-2-7-14-11(13)10-5-3-9(8-12)4-6-10/h1,3-6,8H,7H2. The number of hydrogen-bond donors (Lipinski definition) is 0. The van der Waals surface area contributed by atoms with E-state index in [1.165, 1.54) is 12.1 Å². The fraction of sp³-hybridized carbons (Fsp3) is 0.0909. The molecule has 0 heterocycles. The maximum Gasteiger partial charge on any atom is 0.339 e. The molecule has 1 rings (SSSR count). The van der Waals surface area contributed by atoms with Crippen molar-refractivity contribution < 1.29 is 14.3 Å². The van der Waals surface area contributed by atoms with E-state index in [9.17, 15) is 9.59 Å². The van der Waals surface area contributed by atoms with Gasteiger partial charge in [-0.25, -0.2) is 4.79 Å². The normalized spacial score (nSPS) is 8.79. The van der Waals surface area contributed by atoms with Crippen LogP contribution in [0, 0.1) is 12.3 Å². The average molecular weight is 188 g/mol. The lowest BCUT2D eigenvalue weighted by molar-refractivity contribution is 0.0556. The van der Waals surface area contributed by atoms with Crippen LogP contribution >= 0.6 is 0 Å². The number of hydrogen-bond acceptors (Lipinski definition) is 3. The van der Waals surface area contributed by atoms with Crippen molar-refractivity contribution in [3.8, 4) is 12.3 Å². The van der Waals surface area contributed by atoms with Crippen molar-refractivity contribution in [1.82, 2.24) is 0 Å². The molecule has 0 aliphatic carbocycles. The zero-order valence-corrected chi connectivity index (χ0v) is 7.40. The molecule has 0 saturated heterocycles. The summed E-state index contributed by atoms with van der Waals surface area (Å²) in [6, 6.07) is 6.12. The van der Waals surface area contributed by atoms with Crippen LogP contribution in [-0.2, 0) is 4.74 Å². The Balaban J connectivity index is 2.72. The Kier molecular flexibility index (Phi) is 3.45. The van der Waals surface area contributed by atoms with Crippen LogP contribution in [-0.4, -0.2) is 18.9 Å². The number of rotatable bonds is 3. The maximum atomic E-state index is 11.2. The zero-order valence-electron chi connectivity index (χ0n) is 7.40. The molecular formula is C11H8O3. The third-order valence-corrected chi connectivity index (χ3v) is 1.57. The SMILES string of the molecule is C#CCOC(=O)c1ccc(C=O)cc1. The van der Waals surface area contributed by atoms with Gasteiger partial charge in [0.05, 0.1) is 5.56 Å². The van der Waals surface area contributed by atoms with Gasteiger partial charge in [0.25, 0.3) is 0 Å². The van der Waals surface area contributed by atoms with Crippen molar-refractivity contribution in [2.45, 2.75) is 0 Å². The molecule has 0 unspecified atom stereocenters. The van der Waals surface area contributed by atoms with Gasteiger partial charge in [0, 0.05) is 5.56 Å². The molecular weight excluding hydrogens is 180 g/mol. The molecule has 0 aliphatic rings. The average Bonchev–Trinajstić information content (AvgIpc) is 2.26. The minimum absolute atomic E-state index is 0.0474. The second kappa shape index (κ2) is 4.83. The van der Waals surface area contributed by atoms with Crippen LogP contribution in [0.25, 0.3) is 0 Å². The fourth-order valence-corrected chi connectivity index (χ4v) is 0.888. The summed E-state index contributed by atoms with van der Waals surface area (Å²) in [4.78, 5) is 21.5. The first kappa shape index (κ1) is 10.0. The van der Waals surface area contributed by atoms with Crippen molar-refractivity contribution >= 4 is 12.3 Å². The fourth-order valence-electron chi connectivity index (χ4n) is 0.888. The Labute approximate surface area is 81.7 Å². The minimum Gasteiger partial charge on any atom is -0.449 e. The third kappa shape index (κ3) is 2.46. The molecule has 0 aliphatic heterocycles. The number of terminal acetylenes is 1. The van der Waals surface area contributed by atoms with Gasteiger partial charge in [-0.2, -0.15) is 0 Å². The van der Waals surface area contributed by atoms with E-state index in [0.717, 1.165) is 0 Å². The second-order valence-corrected chi connectivity index (χ2v) is 2.52. The van der Waals surface area contributed by atoms with E-state index in [4.69, 9.17) is 6.42 Å². The topological polar surface area (TPSA) is 43.4 Å². The molecule has 0 aromatic heterocycles. The van der Waals surface area contributed by atoms with Gasteiger partial charge in [0.2, 0.25) is 0 Å². The summed E-state index contributed by atoms with van der Waals surface area (Å²) in [5, 5.41) is 0. The van der Waals surface area contributed by atoms with Gasteiger partial charge in [0.1, 0.15) is 6.29 Å². The molecule has 0 radical (unpaired) electrons. The monoisotopic (exact) mass is 188 g/mol. The summed E-state index contributed by atoms with van der Waals surface area (Å²) in [6.45, 7) is -0.0474. The van der Waals surface area contributed by atoms with Gasteiger partial charge >= 0.3 is 5.97 Å². The van der Waals surface area contributed by atoms with Crippen molar-refractivity contribution in [2.75, 3.05) is 6.61 Å². The van der Waals surface area contributed by atoms with Crippen LogP contribution < -0.4 is 0 Å². The molecule has 1 aromatic rings. The molecule has 0 saturated carbocycles. The van der Waals surface area contributed by atoms with E-state index < -0.39 is 5.97 Å². The molecule has 0 spiro atoms. The summed E-state index contributed by atoms with van der Waals surface area (Å²) in [6.07, 6.45) is 5.63. The highest BCUT2D eigenvalue weighted by molar-refractivity contribution is 5.90. The highest BCUT2D eigenvalue weighted by atomic mass is 16.5. The van der Waals surface area contributed by atoms with Crippen molar-refractivity contribution in [3.63, 3.8) is 0 Å².